The SMILES string of the molecule is O=C(Cc1ccc(Cl)cc1)Nc1nncs1. The minimum absolute atomic E-state index is 0.112. The molecule has 0 aliphatic rings. The molecule has 16 heavy (non-hydrogen) atoms. The predicted octanol–water partition coefficient (Wildman–Crippen LogP) is 2.37. The number of hydrogen-bond acceptors (Lipinski definition) is 4. The Hall–Kier alpha value is -1.46. The molecule has 0 radical (unpaired) electrons. The van der Waals surface area contributed by atoms with Gasteiger partial charge in [0.15, 0.2) is 0 Å². The predicted molar refractivity (Wildman–Crippen MR) is 63.7 cm³/mol. The first kappa shape index (κ1) is 11.0. The van der Waals surface area contributed by atoms with E-state index in [9.17, 15) is 4.79 Å². The first-order valence-corrected chi connectivity index (χ1v) is 5.80. The molecule has 1 amide bonds. The van der Waals surface area contributed by atoms with Gasteiger partial charge >= 0.3 is 0 Å². The highest BCUT2D eigenvalue weighted by Crippen LogP contribution is 2.12. The molecule has 0 bridgehead atoms. The van der Waals surface area contributed by atoms with Crippen molar-refractivity contribution in [2.75, 3.05) is 5.32 Å². The van der Waals surface area contributed by atoms with Crippen molar-refractivity contribution in [1.29, 1.82) is 0 Å². The molecule has 0 fully saturated rings. The van der Waals surface area contributed by atoms with Crippen LogP contribution in [0.25, 0.3) is 0 Å². The Morgan fingerprint density at radius 2 is 2.12 bits per heavy atom. The highest BCUT2D eigenvalue weighted by molar-refractivity contribution is 7.13. The highest BCUT2D eigenvalue weighted by Gasteiger charge is 2.05. The second-order valence-electron chi connectivity index (χ2n) is 3.10. The van der Waals surface area contributed by atoms with Gasteiger partial charge in [-0.25, -0.2) is 0 Å². The highest BCUT2D eigenvalue weighted by atomic mass is 35.5. The maximum Gasteiger partial charge on any atom is 0.230 e. The summed E-state index contributed by atoms with van der Waals surface area (Å²) in [5.74, 6) is -0.112. The van der Waals surface area contributed by atoms with Gasteiger partial charge < -0.3 is 5.32 Å². The average molecular weight is 254 g/mol. The third-order valence-electron chi connectivity index (χ3n) is 1.88. The maximum atomic E-state index is 11.6. The number of anilines is 1. The monoisotopic (exact) mass is 253 g/mol. The number of rotatable bonds is 3. The van der Waals surface area contributed by atoms with Crippen LogP contribution in [0.3, 0.4) is 0 Å². The summed E-state index contributed by atoms with van der Waals surface area (Å²) in [6.45, 7) is 0. The van der Waals surface area contributed by atoms with Crippen molar-refractivity contribution in [3.63, 3.8) is 0 Å². The van der Waals surface area contributed by atoms with Crippen molar-refractivity contribution < 1.29 is 4.79 Å². The molecule has 2 rings (SSSR count). The Labute approximate surface area is 101 Å². The van der Waals surface area contributed by atoms with Crippen molar-refractivity contribution in [2.45, 2.75) is 6.42 Å². The molecule has 0 atom stereocenters. The zero-order valence-electron chi connectivity index (χ0n) is 8.18. The second-order valence-corrected chi connectivity index (χ2v) is 4.36. The molecule has 1 N–H and O–H groups in total. The molecule has 0 aliphatic carbocycles. The van der Waals surface area contributed by atoms with Gasteiger partial charge in [-0.1, -0.05) is 35.1 Å². The lowest BCUT2D eigenvalue weighted by Gasteiger charge is -2.01. The average Bonchev–Trinajstić information content (AvgIpc) is 2.74. The van der Waals surface area contributed by atoms with E-state index >= 15 is 0 Å². The number of carbonyl (C=O) groups excluding carboxylic acids is 1. The van der Waals surface area contributed by atoms with Gasteiger partial charge in [-0.2, -0.15) is 0 Å². The van der Waals surface area contributed by atoms with Crippen molar-refractivity contribution in [3.8, 4) is 0 Å². The lowest BCUT2D eigenvalue weighted by atomic mass is 10.1. The summed E-state index contributed by atoms with van der Waals surface area (Å²) in [7, 11) is 0. The van der Waals surface area contributed by atoms with Crippen LogP contribution in [0.2, 0.25) is 5.02 Å². The summed E-state index contributed by atoms with van der Waals surface area (Å²) in [5, 5.41) is 11.2. The quantitative estimate of drug-likeness (QED) is 0.914. The lowest BCUT2D eigenvalue weighted by Crippen LogP contribution is -2.14. The molecule has 0 saturated carbocycles. The van der Waals surface area contributed by atoms with Gasteiger partial charge in [-0.15, -0.1) is 10.2 Å². The van der Waals surface area contributed by atoms with E-state index in [0.29, 0.717) is 16.6 Å². The van der Waals surface area contributed by atoms with E-state index in [-0.39, 0.29) is 5.91 Å². The number of benzene rings is 1. The summed E-state index contributed by atoms with van der Waals surface area (Å²) < 4.78 is 0. The molecule has 1 heterocycles. The van der Waals surface area contributed by atoms with Gasteiger partial charge in [0, 0.05) is 5.02 Å². The third kappa shape index (κ3) is 3.01. The van der Waals surface area contributed by atoms with Crippen molar-refractivity contribution in [3.05, 3.63) is 40.4 Å². The Kier molecular flexibility index (Phi) is 3.48. The fourth-order valence-electron chi connectivity index (χ4n) is 1.18. The second kappa shape index (κ2) is 5.05. The molecular formula is C10H8ClN3OS. The van der Waals surface area contributed by atoms with E-state index in [1.165, 1.54) is 11.3 Å². The molecule has 1 aromatic heterocycles. The number of nitrogens with one attached hydrogen (secondary N) is 1. The fourth-order valence-corrected chi connectivity index (χ4v) is 1.77. The summed E-state index contributed by atoms with van der Waals surface area (Å²) in [5.41, 5.74) is 2.48. The zero-order chi connectivity index (χ0) is 11.4. The number of hydrogen-bond donors (Lipinski definition) is 1. The van der Waals surface area contributed by atoms with Crippen LogP contribution in [-0.4, -0.2) is 16.1 Å². The number of carbonyl (C=O) groups is 1. The van der Waals surface area contributed by atoms with Crippen LogP contribution in [0.4, 0.5) is 5.13 Å². The van der Waals surface area contributed by atoms with E-state index < -0.39 is 0 Å². The summed E-state index contributed by atoms with van der Waals surface area (Å²) >= 11 is 7.04. The minimum Gasteiger partial charge on any atom is -0.300 e. The van der Waals surface area contributed by atoms with E-state index in [0.717, 1.165) is 5.56 Å². The van der Waals surface area contributed by atoms with Gasteiger partial charge in [0.2, 0.25) is 11.0 Å². The Bertz CT molecular complexity index is 469. The number of amides is 1. The minimum atomic E-state index is -0.112. The molecule has 82 valence electrons. The van der Waals surface area contributed by atoms with Crippen LogP contribution in [-0.2, 0) is 11.2 Å². The molecule has 0 saturated heterocycles. The maximum absolute atomic E-state index is 11.6. The Morgan fingerprint density at radius 1 is 1.38 bits per heavy atom. The summed E-state index contributed by atoms with van der Waals surface area (Å²) in [6.07, 6.45) is 0.302. The normalized spacial score (nSPS) is 10.1. The molecule has 0 aliphatic heterocycles. The molecule has 6 heteroatoms. The smallest absolute Gasteiger partial charge is 0.230 e. The van der Waals surface area contributed by atoms with Crippen molar-refractivity contribution in [2.24, 2.45) is 0 Å². The zero-order valence-corrected chi connectivity index (χ0v) is 9.76. The van der Waals surface area contributed by atoms with Gasteiger partial charge in [-0.3, -0.25) is 4.79 Å². The van der Waals surface area contributed by atoms with Crippen molar-refractivity contribution in [1.82, 2.24) is 10.2 Å². The standard InChI is InChI=1S/C10H8ClN3OS/c11-8-3-1-7(2-4-8)5-9(15)13-10-14-12-6-16-10/h1-4,6H,5H2,(H,13,14,15). The van der Waals surface area contributed by atoms with E-state index in [1.807, 2.05) is 12.1 Å². The van der Waals surface area contributed by atoms with Crippen LogP contribution >= 0.6 is 22.9 Å². The summed E-state index contributed by atoms with van der Waals surface area (Å²) in [6, 6.07) is 7.16. The number of nitrogens with zero attached hydrogens (tertiary/aromatic N) is 2. The molecule has 1 aromatic carbocycles. The number of aromatic nitrogens is 2. The van der Waals surface area contributed by atoms with Gasteiger partial charge in [0.1, 0.15) is 5.51 Å². The van der Waals surface area contributed by atoms with Gasteiger partial charge in [-0.05, 0) is 17.7 Å². The largest absolute Gasteiger partial charge is 0.300 e. The molecule has 2 aromatic rings. The lowest BCUT2D eigenvalue weighted by molar-refractivity contribution is -0.115. The van der Waals surface area contributed by atoms with Crippen LogP contribution in [0, 0.1) is 0 Å². The molecular weight excluding hydrogens is 246 g/mol. The van der Waals surface area contributed by atoms with E-state index in [1.54, 1.807) is 17.6 Å². The molecule has 0 unspecified atom stereocenters. The van der Waals surface area contributed by atoms with Crippen LogP contribution in [0.5, 0.6) is 0 Å². The Morgan fingerprint density at radius 3 is 2.75 bits per heavy atom. The molecule has 0 spiro atoms. The van der Waals surface area contributed by atoms with Gasteiger partial charge in [0.05, 0.1) is 6.42 Å². The number of halogens is 1. The summed E-state index contributed by atoms with van der Waals surface area (Å²) in [4.78, 5) is 11.6. The fraction of sp³-hybridized carbons (Fsp3) is 0.100. The van der Waals surface area contributed by atoms with Crippen LogP contribution < -0.4 is 5.32 Å². The third-order valence-corrected chi connectivity index (χ3v) is 2.74. The first-order valence-electron chi connectivity index (χ1n) is 4.54. The Balaban J connectivity index is 1.95. The van der Waals surface area contributed by atoms with Crippen LogP contribution in [0.15, 0.2) is 29.8 Å². The van der Waals surface area contributed by atoms with Crippen molar-refractivity contribution >= 4 is 34.0 Å². The van der Waals surface area contributed by atoms with E-state index in [4.69, 9.17) is 11.6 Å². The molecule has 4 nitrogen and oxygen atoms in total. The first-order chi connectivity index (χ1) is 7.74. The van der Waals surface area contributed by atoms with Gasteiger partial charge in [0.25, 0.3) is 0 Å². The topological polar surface area (TPSA) is 54.9 Å². The van der Waals surface area contributed by atoms with E-state index in [2.05, 4.69) is 15.5 Å². The van der Waals surface area contributed by atoms with Crippen LogP contribution in [0.1, 0.15) is 5.56 Å².